The molecule has 1 atom stereocenters. The highest BCUT2D eigenvalue weighted by Crippen LogP contribution is 2.00. The summed E-state index contributed by atoms with van der Waals surface area (Å²) in [4.78, 5) is 6.67. The number of halogens is 1. The first-order valence-electron chi connectivity index (χ1n) is 9.44. The summed E-state index contributed by atoms with van der Waals surface area (Å²) in [5, 5.41) is 6.65. The van der Waals surface area contributed by atoms with Crippen LogP contribution in [-0.2, 0) is 10.0 Å². The van der Waals surface area contributed by atoms with Gasteiger partial charge in [-0.2, -0.15) is 0 Å². The van der Waals surface area contributed by atoms with E-state index in [0.717, 1.165) is 44.9 Å². The SMILES string of the molecule is CCN(CC)CCCC(C)NC(=NC)NCCCN(C)S(=O)(=O)CC.I. The van der Waals surface area contributed by atoms with Gasteiger partial charge in [-0.1, -0.05) is 13.8 Å². The Morgan fingerprint density at radius 2 is 1.73 bits per heavy atom. The molecule has 0 heterocycles. The van der Waals surface area contributed by atoms with Crippen LogP contribution in [0, 0.1) is 0 Å². The molecule has 0 aromatic carbocycles. The van der Waals surface area contributed by atoms with Crippen molar-refractivity contribution in [2.45, 2.75) is 53.0 Å². The van der Waals surface area contributed by atoms with E-state index in [2.05, 4.69) is 41.3 Å². The van der Waals surface area contributed by atoms with Gasteiger partial charge < -0.3 is 15.5 Å². The third-order valence-electron chi connectivity index (χ3n) is 4.39. The first kappa shape index (κ1) is 28.1. The van der Waals surface area contributed by atoms with Gasteiger partial charge >= 0.3 is 0 Å². The van der Waals surface area contributed by atoms with Gasteiger partial charge in [-0.3, -0.25) is 4.99 Å². The number of sulfonamides is 1. The van der Waals surface area contributed by atoms with Crippen LogP contribution in [-0.4, -0.2) is 82.2 Å². The second-order valence-electron chi connectivity index (χ2n) is 6.29. The lowest BCUT2D eigenvalue weighted by Crippen LogP contribution is -2.43. The van der Waals surface area contributed by atoms with Crippen molar-refractivity contribution < 1.29 is 8.42 Å². The van der Waals surface area contributed by atoms with Crippen LogP contribution in [0.2, 0.25) is 0 Å². The summed E-state index contributed by atoms with van der Waals surface area (Å²) in [6.07, 6.45) is 2.99. The van der Waals surface area contributed by atoms with Crippen LogP contribution >= 0.6 is 24.0 Å². The molecular weight excluding hydrogens is 465 g/mol. The Morgan fingerprint density at radius 3 is 2.23 bits per heavy atom. The standard InChI is InChI=1S/C17H39N5O2S.HI/c1-7-22(8-2)15-10-12-16(4)20-17(18-5)19-13-11-14-21(6)25(23,24)9-3;/h16H,7-15H2,1-6H3,(H2,18,19,20);1H. The molecule has 1 unspecified atom stereocenters. The van der Waals surface area contributed by atoms with E-state index in [1.165, 1.54) is 4.31 Å². The van der Waals surface area contributed by atoms with Crippen LogP contribution < -0.4 is 10.6 Å². The number of hydrogen-bond acceptors (Lipinski definition) is 4. The van der Waals surface area contributed by atoms with Gasteiger partial charge in [0.1, 0.15) is 0 Å². The van der Waals surface area contributed by atoms with E-state index in [-0.39, 0.29) is 29.7 Å². The molecule has 0 aliphatic heterocycles. The molecule has 0 saturated heterocycles. The average molecular weight is 506 g/mol. The van der Waals surface area contributed by atoms with Crippen molar-refractivity contribution in [2.75, 3.05) is 52.6 Å². The normalized spacial score (nSPS) is 13.6. The minimum absolute atomic E-state index is 0. The maximum Gasteiger partial charge on any atom is 0.213 e. The van der Waals surface area contributed by atoms with Crippen molar-refractivity contribution in [3.63, 3.8) is 0 Å². The molecule has 158 valence electrons. The fourth-order valence-electron chi connectivity index (χ4n) is 2.53. The van der Waals surface area contributed by atoms with Gasteiger partial charge in [0.05, 0.1) is 5.75 Å². The van der Waals surface area contributed by atoms with Crippen LogP contribution in [0.15, 0.2) is 4.99 Å². The van der Waals surface area contributed by atoms with Crippen molar-refractivity contribution >= 4 is 40.0 Å². The summed E-state index contributed by atoms with van der Waals surface area (Å²) < 4.78 is 24.8. The smallest absolute Gasteiger partial charge is 0.213 e. The summed E-state index contributed by atoms with van der Waals surface area (Å²) >= 11 is 0. The number of aliphatic imine (C=N–C) groups is 1. The Balaban J connectivity index is 0. The zero-order valence-corrected chi connectivity index (χ0v) is 20.6. The van der Waals surface area contributed by atoms with Gasteiger partial charge in [0.2, 0.25) is 10.0 Å². The maximum atomic E-state index is 11.7. The van der Waals surface area contributed by atoms with Crippen LogP contribution in [0.1, 0.15) is 47.0 Å². The maximum absolute atomic E-state index is 11.7. The van der Waals surface area contributed by atoms with Gasteiger partial charge in [0.15, 0.2) is 5.96 Å². The average Bonchev–Trinajstić information content (AvgIpc) is 2.60. The van der Waals surface area contributed by atoms with Gasteiger partial charge in [0.25, 0.3) is 0 Å². The van der Waals surface area contributed by atoms with Crippen LogP contribution in [0.25, 0.3) is 0 Å². The molecular formula is C17H40IN5O2S. The van der Waals surface area contributed by atoms with E-state index in [1.807, 2.05) is 0 Å². The van der Waals surface area contributed by atoms with E-state index in [9.17, 15) is 8.42 Å². The Bertz CT molecular complexity index is 470. The van der Waals surface area contributed by atoms with Crippen LogP contribution in [0.5, 0.6) is 0 Å². The fourth-order valence-corrected chi connectivity index (χ4v) is 3.38. The first-order chi connectivity index (χ1) is 11.8. The molecule has 0 rings (SSSR count). The number of rotatable bonds is 13. The molecule has 0 radical (unpaired) electrons. The molecule has 0 aromatic heterocycles. The molecule has 2 N–H and O–H groups in total. The lowest BCUT2D eigenvalue weighted by atomic mass is 10.2. The van der Waals surface area contributed by atoms with Gasteiger partial charge in [-0.25, -0.2) is 12.7 Å². The third kappa shape index (κ3) is 12.3. The molecule has 0 aliphatic carbocycles. The van der Waals surface area contributed by atoms with Crippen molar-refractivity contribution in [2.24, 2.45) is 4.99 Å². The Hall–Kier alpha value is -0.130. The Labute approximate surface area is 178 Å². The summed E-state index contributed by atoms with van der Waals surface area (Å²) in [6.45, 7) is 12.8. The second kappa shape index (κ2) is 15.9. The zero-order chi connectivity index (χ0) is 19.3. The molecule has 0 aliphatic rings. The zero-order valence-electron chi connectivity index (χ0n) is 17.4. The highest BCUT2D eigenvalue weighted by Gasteiger charge is 2.14. The van der Waals surface area contributed by atoms with Crippen LogP contribution in [0.3, 0.4) is 0 Å². The topological polar surface area (TPSA) is 77.0 Å². The molecule has 0 fully saturated rings. The number of hydrogen-bond donors (Lipinski definition) is 2. The quantitative estimate of drug-likeness (QED) is 0.173. The highest BCUT2D eigenvalue weighted by molar-refractivity contribution is 14.0. The van der Waals surface area contributed by atoms with E-state index in [1.54, 1.807) is 21.0 Å². The van der Waals surface area contributed by atoms with E-state index in [0.29, 0.717) is 19.1 Å². The van der Waals surface area contributed by atoms with Gasteiger partial charge in [0, 0.05) is 33.2 Å². The summed E-state index contributed by atoms with van der Waals surface area (Å²) in [7, 11) is 0.295. The number of guanidine groups is 1. The first-order valence-corrected chi connectivity index (χ1v) is 11.0. The number of nitrogens with one attached hydrogen (secondary N) is 2. The van der Waals surface area contributed by atoms with E-state index in [4.69, 9.17) is 0 Å². The third-order valence-corrected chi connectivity index (χ3v) is 6.26. The fraction of sp³-hybridized carbons (Fsp3) is 0.941. The van der Waals surface area contributed by atoms with Crippen molar-refractivity contribution in [3.05, 3.63) is 0 Å². The molecule has 0 aromatic rings. The molecule has 7 nitrogen and oxygen atoms in total. The summed E-state index contributed by atoms with van der Waals surface area (Å²) in [6, 6.07) is 0.352. The largest absolute Gasteiger partial charge is 0.356 e. The van der Waals surface area contributed by atoms with Crippen molar-refractivity contribution in [1.82, 2.24) is 19.8 Å². The van der Waals surface area contributed by atoms with E-state index < -0.39 is 10.0 Å². The second-order valence-corrected chi connectivity index (χ2v) is 8.65. The minimum Gasteiger partial charge on any atom is -0.356 e. The monoisotopic (exact) mass is 505 g/mol. The van der Waals surface area contributed by atoms with E-state index >= 15 is 0 Å². The van der Waals surface area contributed by atoms with Crippen LogP contribution in [0.4, 0.5) is 0 Å². The predicted molar refractivity (Wildman–Crippen MR) is 123 cm³/mol. The van der Waals surface area contributed by atoms with Gasteiger partial charge in [-0.15, -0.1) is 24.0 Å². The van der Waals surface area contributed by atoms with Gasteiger partial charge in [-0.05, 0) is 52.7 Å². The molecule has 0 amide bonds. The highest BCUT2D eigenvalue weighted by atomic mass is 127. The molecule has 0 saturated carbocycles. The minimum atomic E-state index is -3.09. The molecule has 0 bridgehead atoms. The number of nitrogens with zero attached hydrogens (tertiary/aromatic N) is 3. The van der Waals surface area contributed by atoms with Crippen molar-refractivity contribution in [3.8, 4) is 0 Å². The Kier molecular flexibility index (Phi) is 17.2. The molecule has 0 spiro atoms. The summed E-state index contributed by atoms with van der Waals surface area (Å²) in [5.74, 6) is 0.918. The predicted octanol–water partition coefficient (Wildman–Crippen LogP) is 1.95. The summed E-state index contributed by atoms with van der Waals surface area (Å²) in [5.41, 5.74) is 0. The van der Waals surface area contributed by atoms with Crippen molar-refractivity contribution in [1.29, 1.82) is 0 Å². The molecule has 26 heavy (non-hydrogen) atoms. The lowest BCUT2D eigenvalue weighted by molar-refractivity contribution is 0.292. The lowest BCUT2D eigenvalue weighted by Gasteiger charge is -2.21. The molecule has 9 heteroatoms. The Morgan fingerprint density at radius 1 is 1.12 bits per heavy atom.